The number of ether oxygens (including phenoxy) is 2. The van der Waals surface area contributed by atoms with Gasteiger partial charge in [-0.05, 0) is 29.8 Å². The Morgan fingerprint density at radius 2 is 1.42 bits per heavy atom. The highest BCUT2D eigenvalue weighted by atomic mass is 35.5. The largest absolute Gasteiger partial charge is 0.346 e. The predicted molar refractivity (Wildman–Crippen MR) is 98.6 cm³/mol. The van der Waals surface area contributed by atoms with E-state index in [0.29, 0.717) is 18.2 Å². The Morgan fingerprint density at radius 3 is 2.00 bits per heavy atom. The summed E-state index contributed by atoms with van der Waals surface area (Å²) in [7, 11) is 0. The Balaban J connectivity index is 1.40. The zero-order valence-electron chi connectivity index (χ0n) is 12.9. The molecular formula is C18H17Cl2NO2S. The van der Waals surface area contributed by atoms with Crippen LogP contribution in [0.4, 0.5) is 0 Å². The minimum atomic E-state index is -0.325. The highest BCUT2D eigenvalue weighted by molar-refractivity contribution is 7.99. The van der Waals surface area contributed by atoms with Crippen LogP contribution in [-0.4, -0.2) is 24.5 Å². The van der Waals surface area contributed by atoms with E-state index in [1.807, 2.05) is 48.2 Å². The van der Waals surface area contributed by atoms with Crippen molar-refractivity contribution in [1.29, 1.82) is 0 Å². The summed E-state index contributed by atoms with van der Waals surface area (Å²) in [4.78, 5) is 0. The number of hydrogen-bond donors (Lipinski definition) is 1. The molecule has 1 spiro atoms. The monoisotopic (exact) mass is 381 g/mol. The van der Waals surface area contributed by atoms with Gasteiger partial charge in [0.2, 0.25) is 0 Å². The van der Waals surface area contributed by atoms with E-state index < -0.39 is 0 Å². The van der Waals surface area contributed by atoms with Crippen LogP contribution in [0.15, 0.2) is 48.5 Å². The molecule has 24 heavy (non-hydrogen) atoms. The summed E-state index contributed by atoms with van der Waals surface area (Å²) in [5.41, 5.74) is 2.08. The van der Waals surface area contributed by atoms with Gasteiger partial charge in [-0.15, -0.1) is 11.8 Å². The van der Waals surface area contributed by atoms with Crippen LogP contribution in [0.3, 0.4) is 0 Å². The van der Waals surface area contributed by atoms with Gasteiger partial charge in [0.05, 0.1) is 24.1 Å². The van der Waals surface area contributed by atoms with E-state index >= 15 is 0 Å². The Kier molecular flexibility index (Phi) is 4.78. The van der Waals surface area contributed by atoms with E-state index in [1.54, 1.807) is 0 Å². The SMILES string of the molecule is Clc1ccc(C2OCC3(CO2)CSC(c2ccc(Cl)cc2)N3)cc1. The van der Waals surface area contributed by atoms with Gasteiger partial charge >= 0.3 is 0 Å². The molecule has 0 aliphatic carbocycles. The van der Waals surface area contributed by atoms with Crippen molar-refractivity contribution in [2.75, 3.05) is 19.0 Å². The molecule has 2 aromatic rings. The van der Waals surface area contributed by atoms with Crippen molar-refractivity contribution in [1.82, 2.24) is 5.32 Å². The summed E-state index contributed by atoms with van der Waals surface area (Å²) in [6.07, 6.45) is -0.325. The van der Waals surface area contributed by atoms with E-state index in [2.05, 4.69) is 17.4 Å². The highest BCUT2D eigenvalue weighted by Gasteiger charge is 2.44. The van der Waals surface area contributed by atoms with Gasteiger partial charge in [-0.3, -0.25) is 5.32 Å². The summed E-state index contributed by atoms with van der Waals surface area (Å²) in [6.45, 7) is 1.24. The lowest BCUT2D eigenvalue weighted by atomic mass is 10.0. The Labute approximate surface area is 155 Å². The topological polar surface area (TPSA) is 30.5 Å². The number of nitrogens with one attached hydrogen (secondary N) is 1. The maximum Gasteiger partial charge on any atom is 0.183 e. The van der Waals surface area contributed by atoms with Gasteiger partial charge in [0.15, 0.2) is 6.29 Å². The molecule has 1 atom stereocenters. The van der Waals surface area contributed by atoms with Gasteiger partial charge in [-0.1, -0.05) is 47.5 Å². The van der Waals surface area contributed by atoms with Crippen molar-refractivity contribution in [2.45, 2.75) is 17.2 Å². The van der Waals surface area contributed by atoms with E-state index in [-0.39, 0.29) is 17.2 Å². The van der Waals surface area contributed by atoms with E-state index in [9.17, 15) is 0 Å². The average Bonchev–Trinajstić information content (AvgIpc) is 3.01. The second kappa shape index (κ2) is 6.87. The van der Waals surface area contributed by atoms with Crippen LogP contribution in [0.2, 0.25) is 10.0 Å². The maximum atomic E-state index is 5.98. The molecule has 0 saturated carbocycles. The van der Waals surface area contributed by atoms with Crippen LogP contribution < -0.4 is 5.32 Å². The molecule has 1 unspecified atom stereocenters. The molecule has 0 aromatic heterocycles. The third-order valence-electron chi connectivity index (χ3n) is 4.30. The quantitative estimate of drug-likeness (QED) is 0.807. The first kappa shape index (κ1) is 16.7. The zero-order chi connectivity index (χ0) is 16.6. The maximum absolute atomic E-state index is 5.98. The predicted octanol–water partition coefficient (Wildman–Crippen LogP) is 4.81. The Bertz CT molecular complexity index is 700. The van der Waals surface area contributed by atoms with Crippen molar-refractivity contribution in [3.63, 3.8) is 0 Å². The number of benzene rings is 2. The van der Waals surface area contributed by atoms with Gasteiger partial charge in [-0.2, -0.15) is 0 Å². The van der Waals surface area contributed by atoms with Crippen molar-refractivity contribution < 1.29 is 9.47 Å². The fraction of sp³-hybridized carbons (Fsp3) is 0.333. The summed E-state index contributed by atoms with van der Waals surface area (Å²) in [6, 6.07) is 15.6. The van der Waals surface area contributed by atoms with Crippen LogP contribution in [-0.2, 0) is 9.47 Å². The van der Waals surface area contributed by atoms with Crippen LogP contribution >= 0.6 is 35.0 Å². The van der Waals surface area contributed by atoms with Crippen LogP contribution in [0.25, 0.3) is 0 Å². The molecule has 0 bridgehead atoms. The first-order valence-electron chi connectivity index (χ1n) is 7.77. The first-order chi connectivity index (χ1) is 11.6. The molecule has 2 aromatic carbocycles. The van der Waals surface area contributed by atoms with Crippen molar-refractivity contribution in [3.05, 3.63) is 69.7 Å². The highest BCUT2D eigenvalue weighted by Crippen LogP contribution is 2.41. The fourth-order valence-electron chi connectivity index (χ4n) is 2.96. The lowest BCUT2D eigenvalue weighted by Crippen LogP contribution is -2.54. The molecule has 2 fully saturated rings. The van der Waals surface area contributed by atoms with Gasteiger partial charge in [-0.25, -0.2) is 0 Å². The van der Waals surface area contributed by atoms with Crippen LogP contribution in [0.5, 0.6) is 0 Å². The average molecular weight is 382 g/mol. The third kappa shape index (κ3) is 3.45. The normalized spacial score (nSPS) is 29.9. The molecule has 4 rings (SSSR count). The van der Waals surface area contributed by atoms with Crippen molar-refractivity contribution in [3.8, 4) is 0 Å². The molecule has 1 N–H and O–H groups in total. The molecule has 126 valence electrons. The lowest BCUT2D eigenvalue weighted by Gasteiger charge is -2.37. The number of halogens is 2. The van der Waals surface area contributed by atoms with Gasteiger partial charge in [0.25, 0.3) is 0 Å². The van der Waals surface area contributed by atoms with E-state index in [1.165, 1.54) is 5.56 Å². The lowest BCUT2D eigenvalue weighted by molar-refractivity contribution is -0.212. The molecule has 2 heterocycles. The first-order valence-corrected chi connectivity index (χ1v) is 9.58. The molecule has 2 aliphatic rings. The van der Waals surface area contributed by atoms with Crippen molar-refractivity contribution in [2.24, 2.45) is 0 Å². The number of rotatable bonds is 2. The van der Waals surface area contributed by atoms with Gasteiger partial charge in [0, 0.05) is 21.4 Å². The summed E-state index contributed by atoms with van der Waals surface area (Å²) >= 11 is 13.8. The summed E-state index contributed by atoms with van der Waals surface area (Å²) < 4.78 is 12.0. The zero-order valence-corrected chi connectivity index (χ0v) is 15.2. The fourth-order valence-corrected chi connectivity index (χ4v) is 4.63. The molecule has 2 aliphatic heterocycles. The molecule has 3 nitrogen and oxygen atoms in total. The van der Waals surface area contributed by atoms with Crippen LogP contribution in [0.1, 0.15) is 22.8 Å². The minimum absolute atomic E-state index is 0.141. The minimum Gasteiger partial charge on any atom is -0.346 e. The Hall–Kier alpha value is -0.750. The molecule has 2 saturated heterocycles. The van der Waals surface area contributed by atoms with Crippen molar-refractivity contribution >= 4 is 35.0 Å². The van der Waals surface area contributed by atoms with E-state index in [0.717, 1.165) is 16.3 Å². The third-order valence-corrected chi connectivity index (χ3v) is 6.25. The number of thioether (sulfide) groups is 1. The smallest absolute Gasteiger partial charge is 0.183 e. The van der Waals surface area contributed by atoms with Crippen LogP contribution in [0, 0.1) is 0 Å². The molecule has 0 radical (unpaired) electrons. The number of hydrogen-bond acceptors (Lipinski definition) is 4. The van der Waals surface area contributed by atoms with E-state index in [4.69, 9.17) is 32.7 Å². The molecule has 0 amide bonds. The second-order valence-corrected chi connectivity index (χ2v) is 8.14. The standard InChI is InChI=1S/C18H17Cl2NO2S/c19-14-5-1-12(2-6-14)16-21-18(11-24-16)9-22-17(23-10-18)13-3-7-15(20)8-4-13/h1-8,16-17,21H,9-11H2. The second-order valence-electron chi connectivity index (χ2n) is 6.17. The molecule has 6 heteroatoms. The summed E-state index contributed by atoms with van der Waals surface area (Å²) in [5.74, 6) is 0.952. The van der Waals surface area contributed by atoms with Gasteiger partial charge < -0.3 is 9.47 Å². The summed E-state index contributed by atoms with van der Waals surface area (Å²) in [5, 5.41) is 5.38. The Morgan fingerprint density at radius 1 is 0.875 bits per heavy atom. The molecular weight excluding hydrogens is 365 g/mol. The van der Waals surface area contributed by atoms with Gasteiger partial charge in [0.1, 0.15) is 0 Å².